The Morgan fingerprint density at radius 3 is 0.871 bits per heavy atom. The van der Waals surface area contributed by atoms with Gasteiger partial charge in [0, 0.05) is 12.4 Å². The first kappa shape index (κ1) is 35.0. The molecule has 0 spiro atoms. The second-order valence-corrected chi connectivity index (χ2v) is 5.18. The summed E-state index contributed by atoms with van der Waals surface area (Å²) in [5.41, 5.74) is -5.54. The molecule has 0 radical (unpaired) electrons. The molecule has 1 atom stereocenters. The molecule has 0 saturated heterocycles. The van der Waals surface area contributed by atoms with Crippen molar-refractivity contribution < 1.29 is 84.6 Å². The van der Waals surface area contributed by atoms with Gasteiger partial charge in [-0.1, -0.05) is 0 Å². The molecular weight excluding hydrogens is 455 g/mol. The third kappa shape index (κ3) is 19.6. The van der Waals surface area contributed by atoms with Crippen molar-refractivity contribution in [2.24, 2.45) is 0 Å². The number of carboxylic acids is 6. The zero-order valence-electron chi connectivity index (χ0n) is 15.1. The summed E-state index contributed by atoms with van der Waals surface area (Å²) < 4.78 is 0. The molecule has 18 heteroatoms. The van der Waals surface area contributed by atoms with Gasteiger partial charge in [-0.3, -0.25) is 14.4 Å². The molecule has 17 nitrogen and oxygen atoms in total. The summed E-state index contributed by atoms with van der Waals surface area (Å²) in [7, 11) is 0. The van der Waals surface area contributed by atoms with Crippen LogP contribution < -0.4 is 15.3 Å². The number of aliphatic hydroxyl groups is 2. The molecule has 0 bridgehead atoms. The van der Waals surface area contributed by atoms with Crippen LogP contribution >= 0.6 is 0 Å². The largest absolute Gasteiger partial charge is 3.00 e. The number of rotatable bonds is 10. The third-order valence-corrected chi connectivity index (χ3v) is 2.56. The molecule has 0 fully saturated rings. The van der Waals surface area contributed by atoms with Gasteiger partial charge in [-0.2, -0.15) is 0 Å². The van der Waals surface area contributed by atoms with Gasteiger partial charge in [0.05, 0.1) is 19.3 Å². The maximum Gasteiger partial charge on any atom is 3.00 e. The van der Waals surface area contributed by atoms with Crippen molar-refractivity contribution in [1.82, 2.24) is 0 Å². The number of carboxylic acid groups (broad SMARTS) is 8. The van der Waals surface area contributed by atoms with Crippen LogP contribution in [0.1, 0.15) is 25.7 Å². The quantitative estimate of drug-likeness (QED) is 0.146. The number of hydrogen-bond donors (Lipinski definition) is 7. The minimum atomic E-state index is -2.80. The fraction of sp³-hybridized carbons (Fsp3) is 0.462. The molecule has 0 saturated carbocycles. The van der Waals surface area contributed by atoms with Crippen LogP contribution in [0.3, 0.4) is 0 Å². The Labute approximate surface area is 181 Å². The standard InChI is InChI=1S/2C6H8O7.CH2O3.Al/c2*7-3(8)1-6(13,5(11)12)2-4(9)10;2-1(3)4;/h2*13H,1-2H2,(H,7,8)(H,9,10)(H,11,12);(H2,2,3,4);/q;;;+3/p-3. The number of hydrogen-bond acceptors (Lipinski definition) is 12. The molecule has 0 aliphatic carbocycles. The van der Waals surface area contributed by atoms with Gasteiger partial charge in [-0.25, -0.2) is 9.59 Å². The minimum Gasteiger partial charge on any atom is -0.652 e. The van der Waals surface area contributed by atoms with Crippen molar-refractivity contribution in [2.45, 2.75) is 36.9 Å². The minimum absolute atomic E-state index is 0. The Hall–Kier alpha value is -3.46. The van der Waals surface area contributed by atoms with Gasteiger partial charge in [0.1, 0.15) is 0 Å². The SMILES string of the molecule is O=C(O)CC(O)(CC(=O)O)C(=O)O.O=C([O-])CC(O)(CC(=O)O)C(=O)O.O=C([O-])[O-].[Al+3]. The van der Waals surface area contributed by atoms with Crippen LogP contribution in [0, 0.1) is 0 Å². The first-order valence-corrected chi connectivity index (χ1v) is 6.93. The Morgan fingerprint density at radius 1 is 0.548 bits per heavy atom. The molecular formula is C13H15AlO17. The summed E-state index contributed by atoms with van der Waals surface area (Å²) in [5, 5.41) is 86.0. The molecule has 7 N–H and O–H groups in total. The van der Waals surface area contributed by atoms with Crippen molar-refractivity contribution in [1.29, 1.82) is 0 Å². The zero-order chi connectivity index (χ0) is 24.9. The molecule has 1 unspecified atom stereocenters. The van der Waals surface area contributed by atoms with E-state index in [4.69, 9.17) is 50.8 Å². The average Bonchev–Trinajstić information content (AvgIpc) is 2.43. The van der Waals surface area contributed by atoms with E-state index < -0.39 is 78.9 Å². The molecule has 0 aromatic carbocycles. The van der Waals surface area contributed by atoms with Gasteiger partial charge in [0.25, 0.3) is 0 Å². The molecule has 0 rings (SSSR count). The summed E-state index contributed by atoms with van der Waals surface area (Å²) in [4.78, 5) is 69.1. The van der Waals surface area contributed by atoms with E-state index in [2.05, 4.69) is 0 Å². The molecule has 0 aliphatic heterocycles. The van der Waals surface area contributed by atoms with Gasteiger partial charge in [-0.05, 0) is 6.16 Å². The monoisotopic (exact) mass is 470 g/mol. The van der Waals surface area contributed by atoms with Crippen LogP contribution in [0.5, 0.6) is 0 Å². The van der Waals surface area contributed by atoms with Crippen molar-refractivity contribution in [3.05, 3.63) is 0 Å². The number of aliphatic carboxylic acids is 6. The first-order valence-electron chi connectivity index (χ1n) is 6.93. The van der Waals surface area contributed by atoms with E-state index in [1.54, 1.807) is 0 Å². The maximum absolute atomic E-state index is 10.3. The van der Waals surface area contributed by atoms with E-state index in [0.717, 1.165) is 0 Å². The molecule has 172 valence electrons. The molecule has 0 amide bonds. The Kier molecular flexibility index (Phi) is 17.4. The van der Waals surface area contributed by atoms with Crippen LogP contribution in [0.4, 0.5) is 4.79 Å². The van der Waals surface area contributed by atoms with Crippen molar-refractivity contribution in [2.75, 3.05) is 0 Å². The van der Waals surface area contributed by atoms with Gasteiger partial charge in [-0.15, -0.1) is 0 Å². The summed E-state index contributed by atoms with van der Waals surface area (Å²) in [5.74, 6) is -10.4. The van der Waals surface area contributed by atoms with E-state index in [1.807, 2.05) is 0 Å². The van der Waals surface area contributed by atoms with Crippen LogP contribution in [0.15, 0.2) is 0 Å². The molecule has 0 aromatic heterocycles. The van der Waals surface area contributed by atoms with E-state index >= 15 is 0 Å². The molecule has 0 aliphatic rings. The van der Waals surface area contributed by atoms with E-state index in [9.17, 15) is 33.9 Å². The number of carbonyl (C=O) groups excluding carboxylic acids is 2. The Morgan fingerprint density at radius 2 is 0.742 bits per heavy atom. The second-order valence-electron chi connectivity index (χ2n) is 5.18. The Balaban J connectivity index is -0.000000195. The molecule has 0 heterocycles. The van der Waals surface area contributed by atoms with Gasteiger partial charge >= 0.3 is 47.2 Å². The van der Waals surface area contributed by atoms with Gasteiger partial charge < -0.3 is 60.7 Å². The maximum atomic E-state index is 10.3. The van der Waals surface area contributed by atoms with Crippen LogP contribution in [0.25, 0.3) is 0 Å². The summed E-state index contributed by atoms with van der Waals surface area (Å²) in [6.07, 6.45) is -7.06. The summed E-state index contributed by atoms with van der Waals surface area (Å²) in [6.45, 7) is 0. The van der Waals surface area contributed by atoms with Crippen LogP contribution in [0.2, 0.25) is 0 Å². The van der Waals surface area contributed by atoms with Crippen LogP contribution in [-0.4, -0.2) is 106 Å². The average molecular weight is 470 g/mol. The normalized spacial score (nSPS) is 11.4. The van der Waals surface area contributed by atoms with Crippen LogP contribution in [-0.2, 0) is 28.8 Å². The van der Waals surface area contributed by atoms with Gasteiger partial charge in [0.2, 0.25) is 0 Å². The van der Waals surface area contributed by atoms with E-state index in [-0.39, 0.29) is 17.4 Å². The molecule has 0 aromatic rings. The Bertz CT molecular complexity index is 596. The fourth-order valence-corrected chi connectivity index (χ4v) is 1.42. The van der Waals surface area contributed by atoms with Crippen molar-refractivity contribution in [3.8, 4) is 0 Å². The molecule has 31 heavy (non-hydrogen) atoms. The predicted octanol–water partition coefficient (Wildman–Crippen LogP) is -6.66. The summed E-state index contributed by atoms with van der Waals surface area (Å²) in [6, 6.07) is 0. The smallest absolute Gasteiger partial charge is 0.652 e. The second kappa shape index (κ2) is 15.4. The fourth-order valence-electron chi connectivity index (χ4n) is 1.42. The summed E-state index contributed by atoms with van der Waals surface area (Å²) >= 11 is 0. The predicted molar refractivity (Wildman–Crippen MR) is 82.7 cm³/mol. The third-order valence-electron chi connectivity index (χ3n) is 2.56. The van der Waals surface area contributed by atoms with Crippen molar-refractivity contribution >= 4 is 59.3 Å². The zero-order valence-corrected chi connectivity index (χ0v) is 16.3. The first-order chi connectivity index (χ1) is 13.3. The van der Waals surface area contributed by atoms with E-state index in [1.165, 1.54) is 0 Å². The topological polar surface area (TPSA) is 330 Å². The number of carbonyl (C=O) groups is 7. The van der Waals surface area contributed by atoms with E-state index in [0.29, 0.717) is 0 Å². The van der Waals surface area contributed by atoms with Gasteiger partial charge in [0.15, 0.2) is 11.2 Å². The van der Waals surface area contributed by atoms with Crippen molar-refractivity contribution in [3.63, 3.8) is 0 Å².